The number of furan rings is 1. The van der Waals surface area contributed by atoms with Gasteiger partial charge in [0.15, 0.2) is 6.10 Å². The fourth-order valence-electron chi connectivity index (χ4n) is 2.44. The van der Waals surface area contributed by atoms with Crippen LogP contribution in [0.25, 0.3) is 11.0 Å². The molecule has 3 aromatic rings. The molecule has 0 radical (unpaired) electrons. The van der Waals surface area contributed by atoms with Crippen molar-refractivity contribution < 1.29 is 23.5 Å². The molecule has 0 aliphatic rings. The van der Waals surface area contributed by atoms with Crippen LogP contribution < -0.4 is 10.6 Å². The van der Waals surface area contributed by atoms with Gasteiger partial charge in [0.05, 0.1) is 0 Å². The molecule has 138 valence electrons. The number of rotatable bonds is 5. The fourth-order valence-corrected chi connectivity index (χ4v) is 2.44. The largest absolute Gasteiger partial charge is 0.449 e. The van der Waals surface area contributed by atoms with Crippen molar-refractivity contribution in [3.8, 4) is 0 Å². The van der Waals surface area contributed by atoms with Gasteiger partial charge in [0, 0.05) is 23.7 Å². The number of hydrogen-bond acceptors (Lipinski definition) is 5. The van der Waals surface area contributed by atoms with E-state index in [0.29, 0.717) is 17.0 Å². The Labute approximate surface area is 155 Å². The van der Waals surface area contributed by atoms with Crippen molar-refractivity contribution in [1.82, 2.24) is 0 Å². The van der Waals surface area contributed by atoms with Crippen molar-refractivity contribution in [3.05, 3.63) is 60.4 Å². The molecule has 7 nitrogen and oxygen atoms in total. The highest BCUT2D eigenvalue weighted by atomic mass is 16.6. The summed E-state index contributed by atoms with van der Waals surface area (Å²) in [5.74, 6) is -1.34. The first kappa shape index (κ1) is 18.2. The van der Waals surface area contributed by atoms with Crippen molar-refractivity contribution >= 4 is 40.1 Å². The number of carbonyl (C=O) groups is 3. The molecule has 0 saturated carbocycles. The number of nitrogens with one attached hydrogen (secondary N) is 2. The summed E-state index contributed by atoms with van der Waals surface area (Å²) in [6, 6.07) is 15.3. The lowest BCUT2D eigenvalue weighted by Gasteiger charge is -2.13. The topological polar surface area (TPSA) is 97.6 Å². The Morgan fingerprint density at radius 3 is 2.22 bits per heavy atom. The summed E-state index contributed by atoms with van der Waals surface area (Å²) >= 11 is 0. The van der Waals surface area contributed by atoms with Crippen LogP contribution in [0.2, 0.25) is 0 Å². The van der Waals surface area contributed by atoms with Gasteiger partial charge in [0.2, 0.25) is 11.7 Å². The molecule has 0 aliphatic heterocycles. The number of fused-ring (bicyclic) bond motifs is 1. The number of ether oxygens (including phenoxy) is 1. The molecule has 1 heterocycles. The van der Waals surface area contributed by atoms with Crippen LogP contribution in [-0.2, 0) is 14.3 Å². The SMILES string of the molecule is CC(=O)Nc1ccc(NC(=O)[C@@H](C)OC(=O)c2cc3ccccc3o2)cc1. The summed E-state index contributed by atoms with van der Waals surface area (Å²) in [6.45, 7) is 2.88. The second-order valence-corrected chi connectivity index (χ2v) is 5.94. The van der Waals surface area contributed by atoms with Gasteiger partial charge in [-0.05, 0) is 43.3 Å². The molecule has 0 unspecified atom stereocenters. The molecule has 27 heavy (non-hydrogen) atoms. The number of amides is 2. The quantitative estimate of drug-likeness (QED) is 0.673. The van der Waals surface area contributed by atoms with Gasteiger partial charge in [-0.25, -0.2) is 4.79 Å². The van der Waals surface area contributed by atoms with Crippen LogP contribution in [0.1, 0.15) is 24.4 Å². The van der Waals surface area contributed by atoms with E-state index in [9.17, 15) is 14.4 Å². The molecule has 2 aromatic carbocycles. The van der Waals surface area contributed by atoms with E-state index in [1.54, 1.807) is 42.5 Å². The maximum Gasteiger partial charge on any atom is 0.375 e. The van der Waals surface area contributed by atoms with Crippen LogP contribution in [-0.4, -0.2) is 23.9 Å². The average molecular weight is 366 g/mol. The van der Waals surface area contributed by atoms with Gasteiger partial charge in [-0.15, -0.1) is 0 Å². The van der Waals surface area contributed by atoms with E-state index in [0.717, 1.165) is 5.39 Å². The van der Waals surface area contributed by atoms with Crippen LogP contribution in [0.5, 0.6) is 0 Å². The Morgan fingerprint density at radius 1 is 0.963 bits per heavy atom. The lowest BCUT2D eigenvalue weighted by atomic mass is 10.2. The molecule has 2 N–H and O–H groups in total. The number of para-hydroxylation sites is 1. The lowest BCUT2D eigenvalue weighted by molar-refractivity contribution is -0.123. The van der Waals surface area contributed by atoms with Crippen molar-refractivity contribution in [1.29, 1.82) is 0 Å². The number of esters is 1. The van der Waals surface area contributed by atoms with Crippen LogP contribution in [0.15, 0.2) is 59.0 Å². The van der Waals surface area contributed by atoms with E-state index >= 15 is 0 Å². The Balaban J connectivity index is 1.59. The van der Waals surface area contributed by atoms with Gasteiger partial charge in [0.25, 0.3) is 5.91 Å². The Bertz CT molecular complexity index is 958. The second kappa shape index (κ2) is 7.74. The Morgan fingerprint density at radius 2 is 1.59 bits per heavy atom. The van der Waals surface area contributed by atoms with Gasteiger partial charge in [-0.1, -0.05) is 18.2 Å². The van der Waals surface area contributed by atoms with E-state index in [2.05, 4.69) is 10.6 Å². The van der Waals surface area contributed by atoms with Crippen molar-refractivity contribution in [2.75, 3.05) is 10.6 Å². The molecule has 1 atom stereocenters. The van der Waals surface area contributed by atoms with Crippen LogP contribution >= 0.6 is 0 Å². The summed E-state index contributed by atoms with van der Waals surface area (Å²) in [6.07, 6.45) is -1.01. The molecule has 0 aliphatic carbocycles. The van der Waals surface area contributed by atoms with Gasteiger partial charge >= 0.3 is 5.97 Å². The van der Waals surface area contributed by atoms with Crippen LogP contribution in [0.4, 0.5) is 11.4 Å². The standard InChI is InChI=1S/C20H18N2O5/c1-12(19(24)22-16-9-7-15(8-10-16)21-13(2)23)26-20(25)18-11-14-5-3-4-6-17(14)27-18/h3-12H,1-2H3,(H,21,23)(H,22,24)/t12-/m1/s1. The molecule has 1 aromatic heterocycles. The summed E-state index contributed by atoms with van der Waals surface area (Å²) in [5.41, 5.74) is 1.70. The predicted octanol–water partition coefficient (Wildman–Crippen LogP) is 3.58. The van der Waals surface area contributed by atoms with Gasteiger partial charge < -0.3 is 19.8 Å². The van der Waals surface area contributed by atoms with Gasteiger partial charge in [0.1, 0.15) is 5.58 Å². The molecule has 0 fully saturated rings. The molecule has 0 spiro atoms. The Hall–Kier alpha value is -3.61. The van der Waals surface area contributed by atoms with Crippen LogP contribution in [0, 0.1) is 0 Å². The summed E-state index contributed by atoms with van der Waals surface area (Å²) in [7, 11) is 0. The van der Waals surface area contributed by atoms with Gasteiger partial charge in [-0.3, -0.25) is 9.59 Å². The summed E-state index contributed by atoms with van der Waals surface area (Å²) in [5, 5.41) is 6.06. The van der Waals surface area contributed by atoms with E-state index in [1.807, 2.05) is 12.1 Å². The maximum atomic E-state index is 12.2. The minimum atomic E-state index is -1.01. The predicted molar refractivity (Wildman–Crippen MR) is 100 cm³/mol. The molecule has 2 amide bonds. The molecule has 3 rings (SSSR count). The highest BCUT2D eigenvalue weighted by Crippen LogP contribution is 2.20. The number of carbonyl (C=O) groups excluding carboxylic acids is 3. The number of hydrogen-bond donors (Lipinski definition) is 2. The first-order valence-electron chi connectivity index (χ1n) is 8.30. The first-order valence-corrected chi connectivity index (χ1v) is 8.30. The fraction of sp³-hybridized carbons (Fsp3) is 0.150. The minimum Gasteiger partial charge on any atom is -0.449 e. The third kappa shape index (κ3) is 4.52. The van der Waals surface area contributed by atoms with E-state index in [1.165, 1.54) is 13.8 Å². The van der Waals surface area contributed by atoms with Gasteiger partial charge in [-0.2, -0.15) is 0 Å². The number of benzene rings is 2. The average Bonchev–Trinajstić information content (AvgIpc) is 3.07. The van der Waals surface area contributed by atoms with E-state index in [4.69, 9.17) is 9.15 Å². The Kier molecular flexibility index (Phi) is 5.21. The highest BCUT2D eigenvalue weighted by Gasteiger charge is 2.21. The monoisotopic (exact) mass is 366 g/mol. The normalized spacial score (nSPS) is 11.6. The zero-order valence-electron chi connectivity index (χ0n) is 14.8. The second-order valence-electron chi connectivity index (χ2n) is 5.94. The molecule has 0 saturated heterocycles. The van der Waals surface area contributed by atoms with Crippen molar-refractivity contribution in [3.63, 3.8) is 0 Å². The maximum absolute atomic E-state index is 12.2. The molecule has 7 heteroatoms. The molecular formula is C20H18N2O5. The minimum absolute atomic E-state index is 0.0375. The number of anilines is 2. The first-order chi connectivity index (χ1) is 12.9. The molecular weight excluding hydrogens is 348 g/mol. The zero-order valence-corrected chi connectivity index (χ0v) is 14.8. The highest BCUT2D eigenvalue weighted by molar-refractivity contribution is 5.98. The molecule has 0 bridgehead atoms. The summed E-state index contributed by atoms with van der Waals surface area (Å²) in [4.78, 5) is 35.4. The van der Waals surface area contributed by atoms with E-state index in [-0.39, 0.29) is 11.7 Å². The van der Waals surface area contributed by atoms with Crippen LogP contribution in [0.3, 0.4) is 0 Å². The van der Waals surface area contributed by atoms with E-state index < -0.39 is 18.0 Å². The lowest BCUT2D eigenvalue weighted by Crippen LogP contribution is -2.29. The summed E-state index contributed by atoms with van der Waals surface area (Å²) < 4.78 is 10.6. The smallest absolute Gasteiger partial charge is 0.375 e. The third-order valence-electron chi connectivity index (χ3n) is 3.75. The van der Waals surface area contributed by atoms with Crippen molar-refractivity contribution in [2.24, 2.45) is 0 Å². The zero-order chi connectivity index (χ0) is 19.4. The van der Waals surface area contributed by atoms with Crippen molar-refractivity contribution in [2.45, 2.75) is 20.0 Å². The third-order valence-corrected chi connectivity index (χ3v) is 3.75.